The number of aromatic amines is 1. The number of nitrogens with zero attached hydrogens (tertiary/aromatic N) is 2. The molecule has 0 bridgehead atoms. The molecule has 114 valence electrons. The van der Waals surface area contributed by atoms with Crippen LogP contribution in [0.5, 0.6) is 0 Å². The highest BCUT2D eigenvalue weighted by Crippen LogP contribution is 2.21. The fourth-order valence-electron chi connectivity index (χ4n) is 2.39. The standard InChI is InChI=1S/C16H16FN3O2/c17-13-3-1-2-11(9-13)8-12-6-7-22-15(12)5-4-14(21)16-18-10-19-20-16/h1-3,6-7,9-10,14,21H,4-5,8H2,(H,18,19,20). The zero-order valence-corrected chi connectivity index (χ0v) is 11.9. The maximum Gasteiger partial charge on any atom is 0.153 e. The molecular formula is C16H16FN3O2. The number of H-pyrrole nitrogens is 1. The van der Waals surface area contributed by atoms with Crippen molar-refractivity contribution in [3.8, 4) is 0 Å². The molecule has 1 unspecified atom stereocenters. The number of aromatic nitrogens is 3. The lowest BCUT2D eigenvalue weighted by Gasteiger charge is -2.07. The van der Waals surface area contributed by atoms with Crippen molar-refractivity contribution in [2.45, 2.75) is 25.4 Å². The number of aliphatic hydroxyl groups is 1. The predicted molar refractivity (Wildman–Crippen MR) is 77.6 cm³/mol. The first-order valence-electron chi connectivity index (χ1n) is 7.05. The highest BCUT2D eigenvalue weighted by Gasteiger charge is 2.14. The zero-order valence-electron chi connectivity index (χ0n) is 11.9. The second kappa shape index (κ2) is 6.53. The summed E-state index contributed by atoms with van der Waals surface area (Å²) in [4.78, 5) is 3.93. The van der Waals surface area contributed by atoms with E-state index >= 15 is 0 Å². The van der Waals surface area contributed by atoms with Gasteiger partial charge in [0.15, 0.2) is 5.82 Å². The van der Waals surface area contributed by atoms with Crippen LogP contribution in [0.3, 0.4) is 0 Å². The van der Waals surface area contributed by atoms with Crippen molar-refractivity contribution in [2.24, 2.45) is 0 Å². The number of rotatable bonds is 6. The third-order valence-corrected chi connectivity index (χ3v) is 3.52. The second-order valence-corrected chi connectivity index (χ2v) is 5.10. The molecule has 2 aromatic heterocycles. The first-order valence-corrected chi connectivity index (χ1v) is 7.05. The molecule has 0 fully saturated rings. The maximum absolute atomic E-state index is 13.2. The molecule has 22 heavy (non-hydrogen) atoms. The largest absolute Gasteiger partial charge is 0.469 e. The van der Waals surface area contributed by atoms with Gasteiger partial charge in [-0.2, -0.15) is 5.10 Å². The van der Waals surface area contributed by atoms with Crippen molar-refractivity contribution in [3.05, 3.63) is 71.5 Å². The number of nitrogens with one attached hydrogen (secondary N) is 1. The van der Waals surface area contributed by atoms with Crippen molar-refractivity contribution < 1.29 is 13.9 Å². The van der Waals surface area contributed by atoms with E-state index in [2.05, 4.69) is 15.2 Å². The summed E-state index contributed by atoms with van der Waals surface area (Å²) in [5, 5.41) is 16.4. The summed E-state index contributed by atoms with van der Waals surface area (Å²) in [5.41, 5.74) is 1.88. The van der Waals surface area contributed by atoms with E-state index in [-0.39, 0.29) is 5.82 Å². The van der Waals surface area contributed by atoms with E-state index in [9.17, 15) is 9.50 Å². The quantitative estimate of drug-likeness (QED) is 0.734. The van der Waals surface area contributed by atoms with Crippen LogP contribution in [-0.4, -0.2) is 20.3 Å². The number of hydrogen-bond donors (Lipinski definition) is 2. The lowest BCUT2D eigenvalue weighted by molar-refractivity contribution is 0.156. The summed E-state index contributed by atoms with van der Waals surface area (Å²) in [7, 11) is 0. The molecule has 3 aromatic rings. The third kappa shape index (κ3) is 3.40. The van der Waals surface area contributed by atoms with Crippen LogP contribution in [0.2, 0.25) is 0 Å². The predicted octanol–water partition coefficient (Wildman–Crippen LogP) is 2.79. The van der Waals surface area contributed by atoms with Gasteiger partial charge in [0.05, 0.1) is 6.26 Å². The van der Waals surface area contributed by atoms with Crippen molar-refractivity contribution in [2.75, 3.05) is 0 Å². The van der Waals surface area contributed by atoms with E-state index in [1.807, 2.05) is 12.1 Å². The highest BCUT2D eigenvalue weighted by molar-refractivity contribution is 5.28. The Morgan fingerprint density at radius 3 is 3.00 bits per heavy atom. The molecule has 0 aliphatic carbocycles. The van der Waals surface area contributed by atoms with Gasteiger partial charge in [-0.25, -0.2) is 9.37 Å². The number of aliphatic hydroxyl groups excluding tert-OH is 1. The summed E-state index contributed by atoms with van der Waals surface area (Å²) >= 11 is 0. The van der Waals surface area contributed by atoms with Gasteiger partial charge in [0.25, 0.3) is 0 Å². The minimum Gasteiger partial charge on any atom is -0.469 e. The average Bonchev–Trinajstić information content (AvgIpc) is 3.16. The Morgan fingerprint density at radius 1 is 1.32 bits per heavy atom. The Kier molecular flexibility index (Phi) is 4.29. The lowest BCUT2D eigenvalue weighted by Crippen LogP contribution is -2.03. The molecule has 0 amide bonds. The summed E-state index contributed by atoms with van der Waals surface area (Å²) in [6, 6.07) is 8.38. The van der Waals surface area contributed by atoms with Gasteiger partial charge in [0.1, 0.15) is 24.0 Å². The molecule has 0 radical (unpaired) electrons. The monoisotopic (exact) mass is 301 g/mol. The molecule has 0 spiro atoms. The van der Waals surface area contributed by atoms with Gasteiger partial charge in [0.2, 0.25) is 0 Å². The number of benzene rings is 1. The fraction of sp³-hybridized carbons (Fsp3) is 0.250. The van der Waals surface area contributed by atoms with E-state index in [1.165, 1.54) is 18.5 Å². The van der Waals surface area contributed by atoms with Crippen molar-refractivity contribution in [1.29, 1.82) is 0 Å². The first-order chi connectivity index (χ1) is 10.7. The Morgan fingerprint density at radius 2 is 2.23 bits per heavy atom. The maximum atomic E-state index is 13.2. The van der Waals surface area contributed by atoms with Crippen LogP contribution in [0.4, 0.5) is 4.39 Å². The molecule has 1 aromatic carbocycles. The van der Waals surface area contributed by atoms with Crippen LogP contribution in [-0.2, 0) is 12.8 Å². The molecule has 2 heterocycles. The van der Waals surface area contributed by atoms with Crippen molar-refractivity contribution in [3.63, 3.8) is 0 Å². The van der Waals surface area contributed by atoms with Crippen LogP contribution in [0.25, 0.3) is 0 Å². The molecule has 0 saturated heterocycles. The second-order valence-electron chi connectivity index (χ2n) is 5.10. The Hall–Kier alpha value is -2.47. The molecule has 5 nitrogen and oxygen atoms in total. The van der Waals surface area contributed by atoms with Crippen LogP contribution >= 0.6 is 0 Å². The van der Waals surface area contributed by atoms with Crippen LogP contribution in [0.15, 0.2) is 47.3 Å². The molecular weight excluding hydrogens is 285 g/mol. The van der Waals surface area contributed by atoms with Crippen LogP contribution in [0, 0.1) is 5.82 Å². The van der Waals surface area contributed by atoms with Gasteiger partial charge in [-0.3, -0.25) is 5.10 Å². The highest BCUT2D eigenvalue weighted by atomic mass is 19.1. The molecule has 3 rings (SSSR count). The third-order valence-electron chi connectivity index (χ3n) is 3.52. The molecule has 6 heteroatoms. The molecule has 1 atom stereocenters. The Bertz CT molecular complexity index is 725. The van der Waals surface area contributed by atoms with E-state index in [0.717, 1.165) is 16.9 Å². The van der Waals surface area contributed by atoms with E-state index in [4.69, 9.17) is 4.42 Å². The summed E-state index contributed by atoms with van der Waals surface area (Å²) < 4.78 is 18.7. The van der Waals surface area contributed by atoms with E-state index in [0.29, 0.717) is 25.1 Å². The topological polar surface area (TPSA) is 74.9 Å². The molecule has 0 saturated carbocycles. The van der Waals surface area contributed by atoms with Gasteiger partial charge in [-0.1, -0.05) is 12.1 Å². The van der Waals surface area contributed by atoms with Gasteiger partial charge in [-0.05, 0) is 35.7 Å². The van der Waals surface area contributed by atoms with Crippen LogP contribution in [0.1, 0.15) is 35.2 Å². The minimum absolute atomic E-state index is 0.247. The van der Waals surface area contributed by atoms with Crippen molar-refractivity contribution in [1.82, 2.24) is 15.2 Å². The van der Waals surface area contributed by atoms with Gasteiger partial charge in [0, 0.05) is 12.8 Å². The summed E-state index contributed by atoms with van der Waals surface area (Å²) in [5.74, 6) is 0.990. The van der Waals surface area contributed by atoms with Gasteiger partial charge in [-0.15, -0.1) is 0 Å². The normalized spacial score (nSPS) is 12.5. The fourth-order valence-corrected chi connectivity index (χ4v) is 2.39. The lowest BCUT2D eigenvalue weighted by atomic mass is 10.0. The number of hydrogen-bond acceptors (Lipinski definition) is 4. The number of halogens is 1. The Balaban J connectivity index is 1.65. The number of aryl methyl sites for hydroxylation is 1. The summed E-state index contributed by atoms with van der Waals surface area (Å²) in [6.07, 6.45) is 3.90. The van der Waals surface area contributed by atoms with Gasteiger partial charge < -0.3 is 9.52 Å². The smallest absolute Gasteiger partial charge is 0.153 e. The van der Waals surface area contributed by atoms with Crippen molar-refractivity contribution >= 4 is 0 Å². The molecule has 0 aliphatic heterocycles. The van der Waals surface area contributed by atoms with E-state index in [1.54, 1.807) is 12.3 Å². The molecule has 0 aliphatic rings. The van der Waals surface area contributed by atoms with Gasteiger partial charge >= 0.3 is 0 Å². The Labute approximate surface area is 126 Å². The van der Waals surface area contributed by atoms with Crippen LogP contribution < -0.4 is 0 Å². The minimum atomic E-state index is -0.713. The van der Waals surface area contributed by atoms with E-state index < -0.39 is 6.10 Å². The average molecular weight is 301 g/mol. The SMILES string of the molecule is OC(CCc1occc1Cc1cccc(F)c1)c1ncn[nH]1. The number of furan rings is 1. The zero-order chi connectivity index (χ0) is 15.4. The first kappa shape index (κ1) is 14.5. The molecule has 2 N–H and O–H groups in total. The summed E-state index contributed by atoms with van der Waals surface area (Å²) in [6.45, 7) is 0.